The number of rotatable bonds is 2. The highest BCUT2D eigenvalue weighted by Crippen LogP contribution is 2.25. The Morgan fingerprint density at radius 2 is 1.58 bits per heavy atom. The Morgan fingerprint density at radius 1 is 1.00 bits per heavy atom. The minimum Gasteiger partial charge on any atom is -0.368 e. The number of benzene rings is 1. The predicted octanol–water partition coefficient (Wildman–Crippen LogP) is 3.76. The number of anilines is 1. The highest BCUT2D eigenvalue weighted by atomic mass is 16.2. The number of piperazine rings is 1. The third kappa shape index (κ3) is 4.03. The third-order valence-electron chi connectivity index (χ3n) is 5.35. The zero-order valence-electron chi connectivity index (χ0n) is 15.3. The molecule has 0 unspecified atom stereocenters. The molecule has 0 atom stereocenters. The normalized spacial score (nSPS) is 19.6. The van der Waals surface area contributed by atoms with Crippen molar-refractivity contribution in [2.24, 2.45) is 0 Å². The molecule has 1 saturated heterocycles. The van der Waals surface area contributed by atoms with Gasteiger partial charge in [-0.25, -0.2) is 4.79 Å². The Hall–Kier alpha value is -1.71. The number of nitrogens with zero attached hydrogens (tertiary/aromatic N) is 2. The third-order valence-corrected chi connectivity index (χ3v) is 5.35. The summed E-state index contributed by atoms with van der Waals surface area (Å²) in [6.45, 7) is 10.1. The summed E-state index contributed by atoms with van der Waals surface area (Å²) >= 11 is 0. The van der Waals surface area contributed by atoms with E-state index in [1.54, 1.807) is 0 Å². The fraction of sp³-hybridized carbons (Fsp3) is 0.650. The first-order chi connectivity index (χ1) is 11.4. The first kappa shape index (κ1) is 17.1. The molecule has 1 aromatic rings. The van der Waals surface area contributed by atoms with E-state index in [0.717, 1.165) is 39.0 Å². The second-order valence-electron chi connectivity index (χ2n) is 8.20. The van der Waals surface area contributed by atoms with Crippen molar-refractivity contribution in [1.29, 1.82) is 0 Å². The van der Waals surface area contributed by atoms with Crippen molar-refractivity contribution < 1.29 is 4.79 Å². The van der Waals surface area contributed by atoms with Crippen LogP contribution in [-0.4, -0.2) is 43.2 Å². The van der Waals surface area contributed by atoms with E-state index in [2.05, 4.69) is 55.3 Å². The molecule has 1 N–H and O–H groups in total. The second kappa shape index (κ2) is 7.04. The molecule has 1 heterocycles. The molecule has 2 fully saturated rings. The van der Waals surface area contributed by atoms with Gasteiger partial charge in [0.1, 0.15) is 0 Å². The van der Waals surface area contributed by atoms with Crippen LogP contribution in [0.5, 0.6) is 0 Å². The quantitative estimate of drug-likeness (QED) is 0.897. The van der Waals surface area contributed by atoms with Gasteiger partial charge in [0.05, 0.1) is 0 Å². The van der Waals surface area contributed by atoms with Crippen LogP contribution in [0.25, 0.3) is 0 Å². The molecule has 1 aliphatic heterocycles. The monoisotopic (exact) mass is 329 g/mol. The lowest BCUT2D eigenvalue weighted by Crippen LogP contribution is -2.53. The van der Waals surface area contributed by atoms with Crippen LogP contribution in [0.1, 0.15) is 52.0 Å². The van der Waals surface area contributed by atoms with Crippen LogP contribution in [0, 0.1) is 0 Å². The minimum atomic E-state index is 0.129. The van der Waals surface area contributed by atoms with Crippen molar-refractivity contribution in [2.75, 3.05) is 31.1 Å². The van der Waals surface area contributed by atoms with Crippen LogP contribution >= 0.6 is 0 Å². The Balaban J connectivity index is 1.52. The van der Waals surface area contributed by atoms with E-state index >= 15 is 0 Å². The van der Waals surface area contributed by atoms with E-state index < -0.39 is 0 Å². The summed E-state index contributed by atoms with van der Waals surface area (Å²) in [5.41, 5.74) is 2.81. The van der Waals surface area contributed by atoms with Crippen molar-refractivity contribution in [3.8, 4) is 0 Å². The van der Waals surface area contributed by atoms with Gasteiger partial charge in [0.15, 0.2) is 0 Å². The van der Waals surface area contributed by atoms with Crippen LogP contribution < -0.4 is 10.2 Å². The van der Waals surface area contributed by atoms with E-state index in [1.165, 1.54) is 24.1 Å². The van der Waals surface area contributed by atoms with Crippen molar-refractivity contribution >= 4 is 11.7 Å². The Kier molecular flexibility index (Phi) is 5.02. The molecule has 4 heteroatoms. The van der Waals surface area contributed by atoms with E-state index in [4.69, 9.17) is 0 Å². The van der Waals surface area contributed by atoms with Gasteiger partial charge in [-0.05, 0) is 36.0 Å². The summed E-state index contributed by atoms with van der Waals surface area (Å²) in [7, 11) is 0. The van der Waals surface area contributed by atoms with E-state index in [0.29, 0.717) is 6.04 Å². The van der Waals surface area contributed by atoms with Crippen LogP contribution in [0.15, 0.2) is 24.3 Å². The lowest BCUT2D eigenvalue weighted by Gasteiger charge is -2.36. The summed E-state index contributed by atoms with van der Waals surface area (Å²) in [5, 5.41) is 3.20. The summed E-state index contributed by atoms with van der Waals surface area (Å²) < 4.78 is 0. The number of carbonyl (C=O) groups is 1. The molecule has 2 aliphatic rings. The summed E-state index contributed by atoms with van der Waals surface area (Å²) in [6, 6.07) is 9.43. The lowest BCUT2D eigenvalue weighted by atomic mass is 9.87. The smallest absolute Gasteiger partial charge is 0.317 e. The molecular formula is C20H31N3O. The number of nitrogens with one attached hydrogen (secondary N) is 1. The maximum absolute atomic E-state index is 12.3. The molecule has 1 aromatic carbocycles. The molecule has 0 aromatic heterocycles. The van der Waals surface area contributed by atoms with Gasteiger partial charge in [-0.3, -0.25) is 0 Å². The zero-order chi connectivity index (χ0) is 17.2. The second-order valence-corrected chi connectivity index (χ2v) is 8.20. The average Bonchev–Trinajstić information content (AvgIpc) is 3.07. The minimum absolute atomic E-state index is 0.129. The first-order valence-corrected chi connectivity index (χ1v) is 9.34. The molecular weight excluding hydrogens is 298 g/mol. The molecule has 132 valence electrons. The van der Waals surface area contributed by atoms with Crippen LogP contribution in [0.3, 0.4) is 0 Å². The highest BCUT2D eigenvalue weighted by molar-refractivity contribution is 5.75. The number of amides is 2. The fourth-order valence-corrected chi connectivity index (χ4v) is 3.68. The number of hydrogen-bond donors (Lipinski definition) is 1. The summed E-state index contributed by atoms with van der Waals surface area (Å²) in [6.07, 6.45) is 4.80. The molecule has 3 rings (SSSR count). The molecule has 0 radical (unpaired) electrons. The van der Waals surface area contributed by atoms with Gasteiger partial charge < -0.3 is 15.1 Å². The highest BCUT2D eigenvalue weighted by Gasteiger charge is 2.24. The molecule has 1 saturated carbocycles. The van der Waals surface area contributed by atoms with Gasteiger partial charge in [0.25, 0.3) is 0 Å². The molecule has 1 aliphatic carbocycles. The Morgan fingerprint density at radius 3 is 2.12 bits per heavy atom. The van der Waals surface area contributed by atoms with E-state index in [9.17, 15) is 4.79 Å². The van der Waals surface area contributed by atoms with Gasteiger partial charge in [-0.1, -0.05) is 45.7 Å². The maximum Gasteiger partial charge on any atom is 0.317 e. The van der Waals surface area contributed by atoms with Gasteiger partial charge in [-0.15, -0.1) is 0 Å². The summed E-state index contributed by atoms with van der Waals surface area (Å²) in [5.74, 6) is 0. The largest absolute Gasteiger partial charge is 0.368 e. The predicted molar refractivity (Wildman–Crippen MR) is 99.7 cm³/mol. The average molecular weight is 329 g/mol. The standard InChI is InChI=1S/C20H31N3O/c1-20(2,3)16-8-10-18(11-9-16)22-12-14-23(15-13-22)19(24)21-17-6-4-5-7-17/h8-11,17H,4-7,12-15H2,1-3H3,(H,21,24). The van der Waals surface area contributed by atoms with Crippen LogP contribution in [0.2, 0.25) is 0 Å². The van der Waals surface area contributed by atoms with Crippen molar-refractivity contribution in [3.63, 3.8) is 0 Å². The molecule has 0 bridgehead atoms. The van der Waals surface area contributed by atoms with Gasteiger partial charge in [0, 0.05) is 37.9 Å². The lowest BCUT2D eigenvalue weighted by molar-refractivity contribution is 0.190. The van der Waals surface area contributed by atoms with Crippen LogP contribution in [0.4, 0.5) is 10.5 Å². The number of urea groups is 1. The van der Waals surface area contributed by atoms with Gasteiger partial charge in [-0.2, -0.15) is 0 Å². The Bertz CT molecular complexity index is 547. The SMILES string of the molecule is CC(C)(C)c1ccc(N2CCN(C(=O)NC3CCCC3)CC2)cc1. The van der Waals surface area contributed by atoms with Gasteiger partial charge in [0.2, 0.25) is 0 Å². The van der Waals surface area contributed by atoms with E-state index in [1.807, 2.05) is 4.90 Å². The molecule has 0 spiro atoms. The first-order valence-electron chi connectivity index (χ1n) is 9.34. The fourth-order valence-electron chi connectivity index (χ4n) is 3.68. The Labute approximate surface area is 146 Å². The van der Waals surface area contributed by atoms with Crippen molar-refractivity contribution in [3.05, 3.63) is 29.8 Å². The number of carbonyl (C=O) groups excluding carboxylic acids is 1. The van der Waals surface area contributed by atoms with Crippen molar-refractivity contribution in [2.45, 2.75) is 57.9 Å². The molecule has 4 nitrogen and oxygen atoms in total. The van der Waals surface area contributed by atoms with Crippen molar-refractivity contribution in [1.82, 2.24) is 10.2 Å². The van der Waals surface area contributed by atoms with E-state index in [-0.39, 0.29) is 11.4 Å². The van der Waals surface area contributed by atoms with Gasteiger partial charge >= 0.3 is 6.03 Å². The maximum atomic E-state index is 12.3. The molecule has 2 amide bonds. The number of hydrogen-bond acceptors (Lipinski definition) is 2. The zero-order valence-corrected chi connectivity index (χ0v) is 15.3. The molecule has 24 heavy (non-hydrogen) atoms. The van der Waals surface area contributed by atoms with Crippen LogP contribution in [-0.2, 0) is 5.41 Å². The topological polar surface area (TPSA) is 35.6 Å². The summed E-state index contributed by atoms with van der Waals surface area (Å²) in [4.78, 5) is 16.7.